The van der Waals surface area contributed by atoms with E-state index < -0.39 is 11.6 Å². The zero-order valence-corrected chi connectivity index (χ0v) is 15.0. The van der Waals surface area contributed by atoms with E-state index in [0.29, 0.717) is 17.1 Å². The monoisotopic (exact) mass is 357 g/mol. The fraction of sp³-hybridized carbons (Fsp3) is 0.421. The third-order valence-corrected chi connectivity index (χ3v) is 5.05. The average molecular weight is 357 g/mol. The lowest BCUT2D eigenvalue weighted by atomic mass is 9.84. The second-order valence-electron chi connectivity index (χ2n) is 6.62. The number of methoxy groups -OCH3 is 1. The van der Waals surface area contributed by atoms with Gasteiger partial charge in [-0.25, -0.2) is 9.48 Å². The molecular formula is C19H23N3O4. The average Bonchev–Trinajstić information content (AvgIpc) is 3.04. The van der Waals surface area contributed by atoms with Gasteiger partial charge in [0.1, 0.15) is 11.2 Å². The van der Waals surface area contributed by atoms with E-state index >= 15 is 0 Å². The van der Waals surface area contributed by atoms with E-state index in [-0.39, 0.29) is 11.5 Å². The van der Waals surface area contributed by atoms with Crippen LogP contribution in [0.15, 0.2) is 30.5 Å². The van der Waals surface area contributed by atoms with E-state index in [9.17, 15) is 14.7 Å². The van der Waals surface area contributed by atoms with Gasteiger partial charge in [-0.2, -0.15) is 5.10 Å². The highest BCUT2D eigenvalue weighted by Crippen LogP contribution is 2.32. The van der Waals surface area contributed by atoms with Gasteiger partial charge in [-0.15, -0.1) is 0 Å². The molecule has 7 nitrogen and oxygen atoms in total. The lowest BCUT2D eigenvalue weighted by Gasteiger charge is -2.34. The Labute approximate surface area is 152 Å². The Hall–Kier alpha value is -2.67. The molecular weight excluding hydrogens is 334 g/mol. The number of carboxylic acids is 1. The van der Waals surface area contributed by atoms with E-state index in [1.807, 2.05) is 6.07 Å². The smallest absolute Gasteiger partial charge is 0.339 e. The van der Waals surface area contributed by atoms with Gasteiger partial charge in [0.05, 0.1) is 17.6 Å². The molecule has 1 saturated carbocycles. The Morgan fingerprint density at radius 1 is 1.27 bits per heavy atom. The fourth-order valence-corrected chi connectivity index (χ4v) is 3.49. The maximum Gasteiger partial charge on any atom is 0.339 e. The zero-order valence-electron chi connectivity index (χ0n) is 15.0. The van der Waals surface area contributed by atoms with Gasteiger partial charge in [0.15, 0.2) is 0 Å². The molecule has 0 aliphatic heterocycles. The van der Waals surface area contributed by atoms with Crippen molar-refractivity contribution in [2.24, 2.45) is 0 Å². The molecule has 138 valence electrons. The van der Waals surface area contributed by atoms with E-state index in [1.54, 1.807) is 36.9 Å². The Kier molecular flexibility index (Phi) is 5.08. The minimum atomic E-state index is -1.02. The second kappa shape index (κ2) is 7.29. The van der Waals surface area contributed by atoms with Crippen LogP contribution in [0.1, 0.15) is 48.2 Å². The fourth-order valence-electron chi connectivity index (χ4n) is 3.49. The third-order valence-electron chi connectivity index (χ3n) is 5.05. The Morgan fingerprint density at radius 2 is 2.00 bits per heavy atom. The molecule has 1 aromatic heterocycles. The van der Waals surface area contributed by atoms with Crippen molar-refractivity contribution in [3.05, 3.63) is 41.7 Å². The van der Waals surface area contributed by atoms with E-state index in [4.69, 9.17) is 4.74 Å². The second-order valence-corrected chi connectivity index (χ2v) is 6.62. The molecule has 0 bridgehead atoms. The summed E-state index contributed by atoms with van der Waals surface area (Å²) >= 11 is 0. The van der Waals surface area contributed by atoms with Gasteiger partial charge in [-0.1, -0.05) is 25.3 Å². The summed E-state index contributed by atoms with van der Waals surface area (Å²) in [5.41, 5.74) is 1.22. The molecule has 0 atom stereocenters. The van der Waals surface area contributed by atoms with Crippen LogP contribution in [-0.4, -0.2) is 39.5 Å². The highest BCUT2D eigenvalue weighted by molar-refractivity contribution is 5.97. The van der Waals surface area contributed by atoms with E-state index in [1.165, 1.54) is 6.20 Å². The largest absolute Gasteiger partial charge is 0.478 e. The van der Waals surface area contributed by atoms with Crippen molar-refractivity contribution in [3.8, 4) is 5.69 Å². The van der Waals surface area contributed by atoms with Crippen molar-refractivity contribution < 1.29 is 19.4 Å². The topological polar surface area (TPSA) is 93.5 Å². The van der Waals surface area contributed by atoms with Crippen LogP contribution < -0.4 is 5.32 Å². The van der Waals surface area contributed by atoms with Crippen LogP contribution in [0.5, 0.6) is 0 Å². The van der Waals surface area contributed by atoms with Crippen molar-refractivity contribution in [3.63, 3.8) is 0 Å². The van der Waals surface area contributed by atoms with Crippen LogP contribution in [0.3, 0.4) is 0 Å². The summed E-state index contributed by atoms with van der Waals surface area (Å²) in [4.78, 5) is 24.0. The molecule has 0 radical (unpaired) electrons. The summed E-state index contributed by atoms with van der Waals surface area (Å²) in [5, 5.41) is 16.3. The van der Waals surface area contributed by atoms with Gasteiger partial charge in [-0.3, -0.25) is 4.79 Å². The predicted octanol–water partition coefficient (Wildman–Crippen LogP) is 3.17. The summed E-state index contributed by atoms with van der Waals surface area (Å²) in [6.45, 7) is 1.70. The highest BCUT2D eigenvalue weighted by Gasteiger charge is 2.39. The Bertz CT molecular complexity index is 822. The highest BCUT2D eigenvalue weighted by atomic mass is 16.5. The van der Waals surface area contributed by atoms with Gasteiger partial charge < -0.3 is 15.2 Å². The number of carboxylic acid groups (broad SMARTS) is 1. The van der Waals surface area contributed by atoms with Crippen molar-refractivity contribution in [1.82, 2.24) is 9.78 Å². The Balaban J connectivity index is 1.84. The lowest BCUT2D eigenvalue weighted by Crippen LogP contribution is -2.46. The predicted molar refractivity (Wildman–Crippen MR) is 96.7 cm³/mol. The van der Waals surface area contributed by atoms with Gasteiger partial charge in [0.2, 0.25) is 0 Å². The minimum absolute atomic E-state index is 0.139. The summed E-state index contributed by atoms with van der Waals surface area (Å²) in [6, 6.07) is 7.18. The van der Waals surface area contributed by atoms with Gasteiger partial charge in [0, 0.05) is 12.8 Å². The maximum absolute atomic E-state index is 12.8. The molecule has 7 heteroatoms. The van der Waals surface area contributed by atoms with Crippen LogP contribution in [-0.2, 0) is 9.53 Å². The van der Waals surface area contributed by atoms with E-state index in [0.717, 1.165) is 32.1 Å². The van der Waals surface area contributed by atoms with Crippen LogP contribution in [0, 0.1) is 6.92 Å². The molecule has 2 aromatic rings. The number of aromatic carboxylic acids is 1. The number of anilines is 1. The molecule has 0 saturated heterocycles. The Morgan fingerprint density at radius 3 is 2.62 bits per heavy atom. The number of carbonyl (C=O) groups is 2. The number of hydrogen-bond donors (Lipinski definition) is 2. The van der Waals surface area contributed by atoms with Crippen molar-refractivity contribution in [1.29, 1.82) is 0 Å². The van der Waals surface area contributed by atoms with Crippen molar-refractivity contribution >= 4 is 17.6 Å². The van der Waals surface area contributed by atoms with Gasteiger partial charge >= 0.3 is 5.97 Å². The number of aromatic nitrogens is 2. The summed E-state index contributed by atoms with van der Waals surface area (Å²) in [6.07, 6.45) is 5.84. The number of benzene rings is 1. The first-order chi connectivity index (χ1) is 12.5. The summed E-state index contributed by atoms with van der Waals surface area (Å²) < 4.78 is 7.13. The van der Waals surface area contributed by atoms with Gasteiger partial charge in [0.25, 0.3) is 5.91 Å². The number of amides is 1. The first kappa shape index (κ1) is 18.1. The SMILES string of the molecule is COC1(C(=O)Nc2cccc(-n3ncc(C(=O)O)c3C)c2)CCCCC1. The number of hydrogen-bond acceptors (Lipinski definition) is 4. The van der Waals surface area contributed by atoms with Crippen LogP contribution >= 0.6 is 0 Å². The molecule has 1 aliphatic rings. The molecule has 1 fully saturated rings. The molecule has 2 N–H and O–H groups in total. The number of nitrogens with zero attached hydrogens (tertiary/aromatic N) is 2. The first-order valence-electron chi connectivity index (χ1n) is 8.72. The summed E-state index contributed by atoms with van der Waals surface area (Å²) in [5.74, 6) is -1.15. The first-order valence-corrected chi connectivity index (χ1v) is 8.72. The molecule has 1 aromatic carbocycles. The molecule has 1 amide bonds. The molecule has 0 unspecified atom stereocenters. The van der Waals surface area contributed by atoms with Crippen LogP contribution in [0.25, 0.3) is 5.69 Å². The zero-order chi connectivity index (χ0) is 18.7. The molecule has 0 spiro atoms. The quantitative estimate of drug-likeness (QED) is 0.857. The molecule has 1 aliphatic carbocycles. The molecule has 26 heavy (non-hydrogen) atoms. The minimum Gasteiger partial charge on any atom is -0.478 e. The van der Waals surface area contributed by atoms with Crippen molar-refractivity contribution in [2.45, 2.75) is 44.6 Å². The molecule has 3 rings (SSSR count). The number of rotatable bonds is 5. The molecule has 1 heterocycles. The normalized spacial score (nSPS) is 16.2. The van der Waals surface area contributed by atoms with Gasteiger partial charge in [-0.05, 0) is 38.0 Å². The van der Waals surface area contributed by atoms with Crippen LogP contribution in [0.2, 0.25) is 0 Å². The van der Waals surface area contributed by atoms with Crippen LogP contribution in [0.4, 0.5) is 5.69 Å². The third kappa shape index (κ3) is 3.35. The summed E-state index contributed by atoms with van der Waals surface area (Å²) in [7, 11) is 1.59. The van der Waals surface area contributed by atoms with E-state index in [2.05, 4.69) is 10.4 Å². The lowest BCUT2D eigenvalue weighted by molar-refractivity contribution is -0.141. The standard InChI is InChI=1S/C19H23N3O4/c1-13-16(17(23)24)12-20-22(13)15-8-6-7-14(11-15)21-18(25)19(26-2)9-4-3-5-10-19/h6-8,11-12H,3-5,9-10H2,1-2H3,(H,21,25)(H,23,24). The number of ether oxygens (including phenoxy) is 1. The number of carbonyl (C=O) groups excluding carboxylic acids is 1. The maximum atomic E-state index is 12.8. The number of nitrogens with one attached hydrogen (secondary N) is 1. The van der Waals surface area contributed by atoms with Crippen molar-refractivity contribution in [2.75, 3.05) is 12.4 Å².